The van der Waals surface area contributed by atoms with Gasteiger partial charge >= 0.3 is 5.97 Å². The molecular formula is C20H32O3. The maximum absolute atomic E-state index is 12.3. The van der Waals surface area contributed by atoms with Gasteiger partial charge < -0.3 is 9.84 Å². The lowest BCUT2D eigenvalue weighted by atomic mass is 9.82. The van der Waals surface area contributed by atoms with E-state index in [1.165, 1.54) is 0 Å². The number of aromatic hydroxyl groups is 1. The molecule has 0 aromatic heterocycles. The molecular weight excluding hydrogens is 288 g/mol. The van der Waals surface area contributed by atoms with Crippen molar-refractivity contribution in [2.45, 2.75) is 72.6 Å². The highest BCUT2D eigenvalue weighted by Gasteiger charge is 2.24. The average Bonchev–Trinajstić information content (AvgIpc) is 2.43. The number of ether oxygens (including phenoxy) is 1. The van der Waals surface area contributed by atoms with E-state index in [-0.39, 0.29) is 17.3 Å². The van der Waals surface area contributed by atoms with Crippen LogP contribution in [0.1, 0.15) is 77.0 Å². The number of phenolic OH excluding ortho intramolecular Hbond substituents is 1. The van der Waals surface area contributed by atoms with Crippen molar-refractivity contribution in [3.63, 3.8) is 0 Å². The summed E-state index contributed by atoms with van der Waals surface area (Å²) < 4.78 is 5.40. The lowest BCUT2D eigenvalue weighted by Gasteiger charge is -2.24. The van der Waals surface area contributed by atoms with E-state index >= 15 is 0 Å². The first-order valence-corrected chi connectivity index (χ1v) is 8.54. The number of esters is 1. The molecule has 0 saturated heterocycles. The van der Waals surface area contributed by atoms with Crippen LogP contribution in [0.15, 0.2) is 12.1 Å². The fourth-order valence-electron chi connectivity index (χ4n) is 2.55. The topological polar surface area (TPSA) is 46.5 Å². The van der Waals surface area contributed by atoms with Crippen molar-refractivity contribution < 1.29 is 14.6 Å². The van der Waals surface area contributed by atoms with Crippen LogP contribution in [0.2, 0.25) is 0 Å². The van der Waals surface area contributed by atoms with E-state index < -0.39 is 0 Å². The van der Waals surface area contributed by atoms with Crippen molar-refractivity contribution in [3.8, 4) is 5.75 Å². The van der Waals surface area contributed by atoms with Crippen molar-refractivity contribution in [1.29, 1.82) is 0 Å². The van der Waals surface area contributed by atoms with Gasteiger partial charge in [-0.2, -0.15) is 0 Å². The van der Waals surface area contributed by atoms with Crippen molar-refractivity contribution in [3.05, 3.63) is 28.8 Å². The summed E-state index contributed by atoms with van der Waals surface area (Å²) in [4.78, 5) is 12.3. The van der Waals surface area contributed by atoms with Gasteiger partial charge in [0.25, 0.3) is 0 Å². The summed E-state index contributed by atoms with van der Waals surface area (Å²) in [6.07, 6.45) is 1.96. The van der Waals surface area contributed by atoms with Gasteiger partial charge in [-0.05, 0) is 54.7 Å². The van der Waals surface area contributed by atoms with Crippen LogP contribution in [-0.4, -0.2) is 17.7 Å². The number of phenols is 1. The quantitative estimate of drug-likeness (QED) is 0.587. The molecule has 3 heteroatoms. The molecule has 23 heavy (non-hydrogen) atoms. The molecule has 0 aliphatic carbocycles. The van der Waals surface area contributed by atoms with Crippen molar-refractivity contribution in [1.82, 2.24) is 0 Å². The van der Waals surface area contributed by atoms with Crippen LogP contribution < -0.4 is 0 Å². The second-order valence-electron chi connectivity index (χ2n) is 7.91. The molecule has 1 atom stereocenters. The Morgan fingerprint density at radius 1 is 1.22 bits per heavy atom. The van der Waals surface area contributed by atoms with Crippen molar-refractivity contribution >= 4 is 5.97 Å². The van der Waals surface area contributed by atoms with Crippen LogP contribution in [0, 0.1) is 12.8 Å². The number of benzene rings is 1. The Kier molecular flexibility index (Phi) is 6.67. The first kappa shape index (κ1) is 19.5. The Labute approximate surface area is 141 Å². The Balaban J connectivity index is 2.85. The first-order chi connectivity index (χ1) is 10.5. The van der Waals surface area contributed by atoms with Gasteiger partial charge in [-0.3, -0.25) is 4.79 Å². The van der Waals surface area contributed by atoms with Gasteiger partial charge in [0, 0.05) is 0 Å². The SMILES string of the molecule is Cc1cc(C(C)C(=O)OCCCC(C)C)cc(C(C)(C)C)c1O. The summed E-state index contributed by atoms with van der Waals surface area (Å²) >= 11 is 0. The zero-order chi connectivity index (χ0) is 17.8. The summed E-state index contributed by atoms with van der Waals surface area (Å²) in [6.45, 7) is 14.7. The van der Waals surface area contributed by atoms with Gasteiger partial charge in [0.05, 0.1) is 12.5 Å². The molecule has 0 aliphatic rings. The van der Waals surface area contributed by atoms with Crippen LogP contribution in [-0.2, 0) is 14.9 Å². The van der Waals surface area contributed by atoms with Crippen LogP contribution in [0.3, 0.4) is 0 Å². The van der Waals surface area contributed by atoms with E-state index in [1.807, 2.05) is 26.0 Å². The summed E-state index contributed by atoms with van der Waals surface area (Å²) in [5.41, 5.74) is 2.39. The van der Waals surface area contributed by atoms with Crippen LogP contribution in [0.5, 0.6) is 5.75 Å². The van der Waals surface area contributed by atoms with Crippen LogP contribution >= 0.6 is 0 Å². The first-order valence-electron chi connectivity index (χ1n) is 8.54. The third kappa shape index (κ3) is 5.56. The molecule has 1 N–H and O–H groups in total. The zero-order valence-corrected chi connectivity index (χ0v) is 15.7. The molecule has 0 saturated carbocycles. The number of aryl methyl sites for hydroxylation is 1. The number of carbonyl (C=O) groups excluding carboxylic acids is 1. The predicted octanol–water partition coefficient (Wildman–Crippen LogP) is 5.08. The lowest BCUT2D eigenvalue weighted by molar-refractivity contribution is -0.145. The third-order valence-electron chi connectivity index (χ3n) is 4.15. The highest BCUT2D eigenvalue weighted by molar-refractivity contribution is 5.78. The van der Waals surface area contributed by atoms with Crippen molar-refractivity contribution in [2.75, 3.05) is 6.61 Å². The highest BCUT2D eigenvalue weighted by Crippen LogP contribution is 2.36. The van der Waals surface area contributed by atoms with E-state index in [0.717, 1.165) is 29.5 Å². The highest BCUT2D eigenvalue weighted by atomic mass is 16.5. The Hall–Kier alpha value is -1.51. The second-order valence-corrected chi connectivity index (χ2v) is 7.91. The summed E-state index contributed by atoms with van der Waals surface area (Å²) in [5, 5.41) is 10.3. The third-order valence-corrected chi connectivity index (χ3v) is 4.15. The van der Waals surface area contributed by atoms with Crippen molar-refractivity contribution in [2.24, 2.45) is 5.92 Å². The van der Waals surface area contributed by atoms with Crippen LogP contribution in [0.4, 0.5) is 0 Å². The summed E-state index contributed by atoms with van der Waals surface area (Å²) in [6, 6.07) is 3.81. The molecule has 1 unspecified atom stereocenters. The number of carbonyl (C=O) groups is 1. The van der Waals surface area contributed by atoms with Gasteiger partial charge in [0.2, 0.25) is 0 Å². The average molecular weight is 320 g/mol. The maximum atomic E-state index is 12.3. The van der Waals surface area contributed by atoms with Crippen LogP contribution in [0.25, 0.3) is 0 Å². The maximum Gasteiger partial charge on any atom is 0.313 e. The monoisotopic (exact) mass is 320 g/mol. The molecule has 0 amide bonds. The smallest absolute Gasteiger partial charge is 0.313 e. The molecule has 0 radical (unpaired) electrons. The van der Waals surface area contributed by atoms with E-state index in [2.05, 4.69) is 34.6 Å². The fraction of sp³-hybridized carbons (Fsp3) is 0.650. The van der Waals surface area contributed by atoms with E-state index in [4.69, 9.17) is 4.74 Å². The molecule has 0 heterocycles. The molecule has 0 bridgehead atoms. The van der Waals surface area contributed by atoms with E-state index in [0.29, 0.717) is 18.3 Å². The number of rotatable bonds is 6. The molecule has 130 valence electrons. The van der Waals surface area contributed by atoms with E-state index in [9.17, 15) is 9.90 Å². The molecule has 1 aromatic rings. The second kappa shape index (κ2) is 7.85. The van der Waals surface area contributed by atoms with Gasteiger partial charge in [0.1, 0.15) is 5.75 Å². The molecule has 0 fully saturated rings. The molecule has 1 aromatic carbocycles. The van der Waals surface area contributed by atoms with E-state index in [1.54, 1.807) is 0 Å². The zero-order valence-electron chi connectivity index (χ0n) is 15.7. The molecule has 3 nitrogen and oxygen atoms in total. The molecule has 0 spiro atoms. The van der Waals surface area contributed by atoms with Gasteiger partial charge in [0.15, 0.2) is 0 Å². The minimum atomic E-state index is -0.325. The van der Waals surface area contributed by atoms with Gasteiger partial charge in [-0.25, -0.2) is 0 Å². The largest absolute Gasteiger partial charge is 0.507 e. The normalized spacial score (nSPS) is 13.2. The lowest BCUT2D eigenvalue weighted by Crippen LogP contribution is -2.17. The van der Waals surface area contributed by atoms with Gasteiger partial charge in [-0.15, -0.1) is 0 Å². The summed E-state index contributed by atoms with van der Waals surface area (Å²) in [5.74, 6) is 0.423. The van der Waals surface area contributed by atoms with Gasteiger partial charge in [-0.1, -0.05) is 46.8 Å². The minimum absolute atomic E-state index is 0.175. The minimum Gasteiger partial charge on any atom is -0.507 e. The summed E-state index contributed by atoms with van der Waals surface area (Å²) in [7, 11) is 0. The molecule has 0 aliphatic heterocycles. The predicted molar refractivity (Wildman–Crippen MR) is 95.0 cm³/mol. The Bertz CT molecular complexity index is 539. The standard InChI is InChI=1S/C20H32O3/c1-13(2)9-8-10-23-19(22)15(4)16-11-14(3)18(21)17(12-16)20(5,6)7/h11-13,15,21H,8-10H2,1-7H3. The Morgan fingerprint density at radius 2 is 1.83 bits per heavy atom. The Morgan fingerprint density at radius 3 is 2.35 bits per heavy atom. The molecule has 1 rings (SSSR count). The number of hydrogen-bond donors (Lipinski definition) is 1. The number of hydrogen-bond acceptors (Lipinski definition) is 3. The fourth-order valence-corrected chi connectivity index (χ4v) is 2.55.